The molecule has 0 N–H and O–H groups in total. The van der Waals surface area contributed by atoms with Crippen molar-refractivity contribution in [3.8, 4) is 11.5 Å². The zero-order valence-corrected chi connectivity index (χ0v) is 12.9. The van der Waals surface area contributed by atoms with E-state index in [1.165, 1.54) is 6.07 Å². The highest BCUT2D eigenvalue weighted by molar-refractivity contribution is 5.77. The maximum Gasteiger partial charge on any atom is 0.416 e. The van der Waals surface area contributed by atoms with Crippen LogP contribution in [0.2, 0.25) is 0 Å². The van der Waals surface area contributed by atoms with Crippen LogP contribution in [-0.2, 0) is 6.18 Å². The Morgan fingerprint density at radius 1 is 1.13 bits per heavy atom. The summed E-state index contributed by atoms with van der Waals surface area (Å²) in [5, 5.41) is 0. The predicted octanol–water partition coefficient (Wildman–Crippen LogP) is 5.34. The van der Waals surface area contributed by atoms with Crippen molar-refractivity contribution in [3.05, 3.63) is 47.3 Å². The van der Waals surface area contributed by atoms with E-state index < -0.39 is 11.7 Å². The number of hydrogen-bond acceptors (Lipinski definition) is 3. The Morgan fingerprint density at radius 3 is 2.52 bits per heavy atom. The molecule has 23 heavy (non-hydrogen) atoms. The Kier molecular flexibility index (Phi) is 3.62. The van der Waals surface area contributed by atoms with Gasteiger partial charge < -0.3 is 4.42 Å². The smallest absolute Gasteiger partial charge is 0.416 e. The summed E-state index contributed by atoms with van der Waals surface area (Å²) in [6.45, 7) is 5.87. The number of alkyl halides is 3. The van der Waals surface area contributed by atoms with Crippen LogP contribution in [0.15, 0.2) is 34.9 Å². The van der Waals surface area contributed by atoms with Gasteiger partial charge in [-0.3, -0.25) is 4.98 Å². The fourth-order valence-corrected chi connectivity index (χ4v) is 2.43. The van der Waals surface area contributed by atoms with E-state index in [9.17, 15) is 13.2 Å². The molecule has 3 aromatic rings. The van der Waals surface area contributed by atoms with Crippen molar-refractivity contribution in [1.82, 2.24) is 9.97 Å². The maximum atomic E-state index is 12.8. The first kappa shape index (κ1) is 15.5. The van der Waals surface area contributed by atoms with Gasteiger partial charge in [-0.15, -0.1) is 0 Å². The minimum absolute atomic E-state index is 0.193. The average Bonchev–Trinajstić information content (AvgIpc) is 2.88. The Morgan fingerprint density at radius 2 is 1.87 bits per heavy atom. The molecule has 0 spiro atoms. The maximum absolute atomic E-state index is 12.8. The SMILES string of the molecule is Cc1cc(-c2nc3cc(C(F)(F)F)ccc3o2)c(C(C)C)cn1. The first-order valence-electron chi connectivity index (χ1n) is 7.20. The molecule has 3 nitrogen and oxygen atoms in total. The summed E-state index contributed by atoms with van der Waals surface area (Å²) in [6.07, 6.45) is -2.64. The molecule has 0 aliphatic heterocycles. The molecule has 0 saturated carbocycles. The minimum atomic E-state index is -4.40. The van der Waals surface area contributed by atoms with Gasteiger partial charge in [-0.2, -0.15) is 13.2 Å². The summed E-state index contributed by atoms with van der Waals surface area (Å²) < 4.78 is 44.1. The third-order valence-electron chi connectivity index (χ3n) is 3.64. The Labute approximate surface area is 131 Å². The standard InChI is InChI=1S/C17H15F3N2O/c1-9(2)13-8-21-10(3)6-12(13)16-22-14-7-11(17(18,19)20)4-5-15(14)23-16/h4-9H,1-3H3. The largest absolute Gasteiger partial charge is 0.436 e. The van der Waals surface area contributed by atoms with Gasteiger partial charge in [0.2, 0.25) is 5.89 Å². The highest BCUT2D eigenvalue weighted by Gasteiger charge is 2.31. The van der Waals surface area contributed by atoms with Gasteiger partial charge in [0.1, 0.15) is 5.52 Å². The predicted molar refractivity (Wildman–Crippen MR) is 81.1 cm³/mol. The second-order valence-electron chi connectivity index (χ2n) is 5.77. The lowest BCUT2D eigenvalue weighted by Gasteiger charge is -2.10. The lowest BCUT2D eigenvalue weighted by molar-refractivity contribution is -0.137. The van der Waals surface area contributed by atoms with Crippen LogP contribution in [0.5, 0.6) is 0 Å². The van der Waals surface area contributed by atoms with Crippen molar-refractivity contribution in [1.29, 1.82) is 0 Å². The van der Waals surface area contributed by atoms with Gasteiger partial charge in [0, 0.05) is 17.5 Å². The normalized spacial score (nSPS) is 12.3. The first-order chi connectivity index (χ1) is 10.8. The van der Waals surface area contributed by atoms with E-state index in [0.717, 1.165) is 29.0 Å². The van der Waals surface area contributed by atoms with Gasteiger partial charge in [0.15, 0.2) is 5.58 Å². The number of nitrogens with zero attached hydrogens (tertiary/aromatic N) is 2. The Bertz CT molecular complexity index is 866. The van der Waals surface area contributed by atoms with Crippen LogP contribution >= 0.6 is 0 Å². The molecule has 0 amide bonds. The minimum Gasteiger partial charge on any atom is -0.436 e. The number of fused-ring (bicyclic) bond motifs is 1. The van der Waals surface area contributed by atoms with E-state index >= 15 is 0 Å². The van der Waals surface area contributed by atoms with Crippen LogP contribution in [0.4, 0.5) is 13.2 Å². The molecule has 0 bridgehead atoms. The number of aromatic nitrogens is 2. The summed E-state index contributed by atoms with van der Waals surface area (Å²) in [5.74, 6) is 0.507. The highest BCUT2D eigenvalue weighted by atomic mass is 19.4. The molecule has 0 fully saturated rings. The van der Waals surface area contributed by atoms with Crippen molar-refractivity contribution in [2.75, 3.05) is 0 Å². The van der Waals surface area contributed by atoms with Crippen molar-refractivity contribution in [2.24, 2.45) is 0 Å². The number of aryl methyl sites for hydroxylation is 1. The lowest BCUT2D eigenvalue weighted by atomic mass is 9.99. The number of halogens is 3. The van der Waals surface area contributed by atoms with Gasteiger partial charge in [-0.1, -0.05) is 13.8 Å². The summed E-state index contributed by atoms with van der Waals surface area (Å²) >= 11 is 0. The van der Waals surface area contributed by atoms with Crippen molar-refractivity contribution in [2.45, 2.75) is 32.9 Å². The van der Waals surface area contributed by atoms with E-state index in [4.69, 9.17) is 4.42 Å². The van der Waals surface area contributed by atoms with Gasteiger partial charge in [0.25, 0.3) is 0 Å². The van der Waals surface area contributed by atoms with Crippen molar-refractivity contribution >= 4 is 11.1 Å². The summed E-state index contributed by atoms with van der Waals surface area (Å²) in [4.78, 5) is 8.52. The van der Waals surface area contributed by atoms with Crippen LogP contribution in [0.25, 0.3) is 22.6 Å². The molecule has 0 aliphatic carbocycles. The second-order valence-corrected chi connectivity index (χ2v) is 5.77. The molecule has 120 valence electrons. The molecular formula is C17H15F3N2O. The first-order valence-corrected chi connectivity index (χ1v) is 7.20. The van der Waals surface area contributed by atoms with Crippen molar-refractivity contribution in [3.63, 3.8) is 0 Å². The number of rotatable bonds is 2. The zero-order valence-electron chi connectivity index (χ0n) is 12.9. The van der Waals surface area contributed by atoms with Crippen LogP contribution < -0.4 is 0 Å². The number of oxazole rings is 1. The average molecular weight is 320 g/mol. The van der Waals surface area contributed by atoms with E-state index in [-0.39, 0.29) is 11.4 Å². The zero-order chi connectivity index (χ0) is 16.8. The van der Waals surface area contributed by atoms with E-state index in [1.807, 2.05) is 26.8 Å². The molecule has 2 heterocycles. The van der Waals surface area contributed by atoms with Crippen LogP contribution in [0.3, 0.4) is 0 Å². The van der Waals surface area contributed by atoms with Gasteiger partial charge in [-0.05, 0) is 42.7 Å². The molecule has 0 radical (unpaired) electrons. The van der Waals surface area contributed by atoms with E-state index in [1.54, 1.807) is 6.20 Å². The van der Waals surface area contributed by atoms with Crippen LogP contribution in [-0.4, -0.2) is 9.97 Å². The van der Waals surface area contributed by atoms with Crippen LogP contribution in [0, 0.1) is 6.92 Å². The summed E-state index contributed by atoms with van der Waals surface area (Å²) in [7, 11) is 0. The molecule has 3 rings (SSSR count). The third-order valence-corrected chi connectivity index (χ3v) is 3.64. The quantitative estimate of drug-likeness (QED) is 0.639. The van der Waals surface area contributed by atoms with Gasteiger partial charge in [-0.25, -0.2) is 4.98 Å². The molecule has 0 saturated heterocycles. The molecule has 0 unspecified atom stereocenters. The number of benzene rings is 1. The molecule has 0 atom stereocenters. The van der Waals surface area contributed by atoms with Crippen molar-refractivity contribution < 1.29 is 17.6 Å². The van der Waals surface area contributed by atoms with Gasteiger partial charge in [0.05, 0.1) is 5.56 Å². The lowest BCUT2D eigenvalue weighted by Crippen LogP contribution is -2.03. The second kappa shape index (κ2) is 5.37. The Balaban J connectivity index is 2.16. The summed E-state index contributed by atoms with van der Waals surface area (Å²) in [5.41, 5.74) is 2.29. The molecule has 0 aliphatic rings. The number of hydrogen-bond donors (Lipinski definition) is 0. The summed E-state index contributed by atoms with van der Waals surface area (Å²) in [6, 6.07) is 5.15. The fourth-order valence-electron chi connectivity index (χ4n) is 2.43. The van der Waals surface area contributed by atoms with Gasteiger partial charge >= 0.3 is 6.18 Å². The third kappa shape index (κ3) is 2.93. The molecular weight excluding hydrogens is 305 g/mol. The molecule has 2 aromatic heterocycles. The van der Waals surface area contributed by atoms with E-state index in [2.05, 4.69) is 9.97 Å². The highest BCUT2D eigenvalue weighted by Crippen LogP contribution is 2.34. The van der Waals surface area contributed by atoms with E-state index in [0.29, 0.717) is 11.5 Å². The van der Waals surface area contributed by atoms with Crippen LogP contribution in [0.1, 0.15) is 36.6 Å². The molecule has 1 aromatic carbocycles. The number of pyridine rings is 1. The fraction of sp³-hybridized carbons (Fsp3) is 0.294. The Hall–Kier alpha value is -2.37. The topological polar surface area (TPSA) is 38.9 Å². The molecule has 6 heteroatoms. The monoisotopic (exact) mass is 320 g/mol.